The lowest BCUT2D eigenvalue weighted by atomic mass is 10.0. The highest BCUT2D eigenvalue weighted by Crippen LogP contribution is 2.13. The molecule has 0 aromatic heterocycles. The minimum absolute atomic E-state index is 0.0172. The number of benzene rings is 2. The average Bonchev–Trinajstić information content (AvgIpc) is 2.65. The molecule has 0 aliphatic carbocycles. The third-order valence-electron chi connectivity index (χ3n) is 4.32. The molecule has 2 aromatic rings. The van der Waals surface area contributed by atoms with E-state index in [4.69, 9.17) is 11.2 Å². The van der Waals surface area contributed by atoms with Gasteiger partial charge in [0.1, 0.15) is 17.2 Å². The van der Waals surface area contributed by atoms with Crippen molar-refractivity contribution in [3.05, 3.63) is 70.8 Å². The van der Waals surface area contributed by atoms with Gasteiger partial charge in [0.25, 0.3) is 0 Å². The maximum Gasteiger partial charge on any atom is 0.407 e. The van der Waals surface area contributed by atoms with Crippen molar-refractivity contribution < 1.29 is 23.4 Å². The Morgan fingerprint density at radius 1 is 1.16 bits per heavy atom. The first-order chi connectivity index (χ1) is 14.6. The van der Waals surface area contributed by atoms with Gasteiger partial charge in [-0.1, -0.05) is 18.1 Å². The normalized spacial score (nSPS) is 13.2. The fraction of sp³-hybridized carbons (Fsp3) is 0.375. The van der Waals surface area contributed by atoms with E-state index >= 15 is 0 Å². The average molecular weight is 430 g/mol. The van der Waals surface area contributed by atoms with Gasteiger partial charge in [-0.15, -0.1) is 6.42 Å². The summed E-state index contributed by atoms with van der Waals surface area (Å²) in [5.41, 5.74) is 1.26. The van der Waals surface area contributed by atoms with Crippen LogP contribution in [0.25, 0.3) is 0 Å². The van der Waals surface area contributed by atoms with Gasteiger partial charge < -0.3 is 20.5 Å². The predicted octanol–water partition coefficient (Wildman–Crippen LogP) is 3.53. The molecular weight excluding hydrogens is 402 g/mol. The second kappa shape index (κ2) is 10.9. The first-order valence-corrected chi connectivity index (χ1v) is 9.94. The Labute approximate surface area is 181 Å². The molecule has 2 atom stereocenters. The van der Waals surface area contributed by atoms with Gasteiger partial charge in [-0.3, -0.25) is 0 Å². The second-order valence-electron chi connectivity index (χ2n) is 8.28. The first kappa shape index (κ1) is 24.3. The molecule has 0 unspecified atom stereocenters. The molecule has 0 aliphatic rings. The molecule has 2 rings (SSSR count). The van der Waals surface area contributed by atoms with E-state index in [1.807, 2.05) is 24.3 Å². The molecule has 166 valence electrons. The summed E-state index contributed by atoms with van der Waals surface area (Å²) in [4.78, 5) is 12.2. The number of terminal acetylenes is 1. The molecule has 0 heterocycles. The molecule has 0 spiro atoms. The van der Waals surface area contributed by atoms with Crippen LogP contribution >= 0.6 is 0 Å². The Morgan fingerprint density at radius 3 is 2.45 bits per heavy atom. The van der Waals surface area contributed by atoms with Crippen LogP contribution in [-0.2, 0) is 17.7 Å². The molecule has 0 fully saturated rings. The zero-order valence-electron chi connectivity index (χ0n) is 17.9. The molecule has 1 amide bonds. The van der Waals surface area contributed by atoms with E-state index in [2.05, 4.69) is 16.6 Å². The van der Waals surface area contributed by atoms with E-state index in [-0.39, 0.29) is 13.0 Å². The number of aliphatic hydroxyl groups excluding tert-OH is 1. The van der Waals surface area contributed by atoms with Crippen LogP contribution in [-0.4, -0.2) is 35.5 Å². The number of alkyl carbamates (subject to hydrolysis) is 1. The van der Waals surface area contributed by atoms with Gasteiger partial charge in [-0.2, -0.15) is 0 Å². The molecule has 3 N–H and O–H groups in total. The molecule has 7 heteroatoms. The lowest BCUT2D eigenvalue weighted by Crippen LogP contribution is -2.49. The van der Waals surface area contributed by atoms with Crippen molar-refractivity contribution in [2.45, 2.75) is 51.5 Å². The number of carbonyl (C=O) groups is 1. The number of amides is 1. The molecule has 0 bridgehead atoms. The number of rotatable bonds is 8. The van der Waals surface area contributed by atoms with Crippen molar-refractivity contribution in [1.29, 1.82) is 0 Å². The van der Waals surface area contributed by atoms with Gasteiger partial charge in [0.05, 0.1) is 12.1 Å². The molecule has 0 aliphatic heterocycles. The van der Waals surface area contributed by atoms with Gasteiger partial charge in [0.15, 0.2) is 0 Å². The first-order valence-electron chi connectivity index (χ1n) is 9.94. The van der Waals surface area contributed by atoms with Crippen LogP contribution in [0.3, 0.4) is 0 Å². The van der Waals surface area contributed by atoms with E-state index in [0.717, 1.165) is 29.3 Å². The van der Waals surface area contributed by atoms with Crippen molar-refractivity contribution in [2.24, 2.45) is 0 Å². The summed E-state index contributed by atoms with van der Waals surface area (Å²) >= 11 is 0. The van der Waals surface area contributed by atoms with E-state index in [0.29, 0.717) is 12.1 Å². The largest absolute Gasteiger partial charge is 0.444 e. The fourth-order valence-electron chi connectivity index (χ4n) is 3.00. The van der Waals surface area contributed by atoms with Gasteiger partial charge in [0, 0.05) is 24.7 Å². The van der Waals surface area contributed by atoms with E-state index < -0.39 is 35.5 Å². The van der Waals surface area contributed by atoms with Crippen molar-refractivity contribution in [3.8, 4) is 12.3 Å². The van der Waals surface area contributed by atoms with Crippen LogP contribution in [0.5, 0.6) is 0 Å². The third-order valence-corrected chi connectivity index (χ3v) is 4.32. The maximum atomic E-state index is 13.6. The standard InChI is InChI=1S/C24H28F2N2O3/c1-5-16-7-6-8-17(9-16)14-27-15-22(29)21(28-23(30)31-24(2,3)4)12-18-10-19(25)13-20(26)11-18/h1,6-11,13,21-22,27,29H,12,14-15H2,2-4H3,(H,28,30)/t21-,22+/m0/s1. The predicted molar refractivity (Wildman–Crippen MR) is 115 cm³/mol. The highest BCUT2D eigenvalue weighted by Gasteiger charge is 2.25. The Balaban J connectivity index is 2.06. The summed E-state index contributed by atoms with van der Waals surface area (Å²) in [7, 11) is 0. The lowest BCUT2D eigenvalue weighted by Gasteiger charge is -2.27. The van der Waals surface area contributed by atoms with Crippen molar-refractivity contribution in [1.82, 2.24) is 10.6 Å². The summed E-state index contributed by atoms with van der Waals surface area (Å²) < 4.78 is 32.4. The topological polar surface area (TPSA) is 70.6 Å². The number of ether oxygens (including phenoxy) is 1. The van der Waals surface area contributed by atoms with Crippen LogP contribution in [0.4, 0.5) is 13.6 Å². The Morgan fingerprint density at radius 2 is 1.84 bits per heavy atom. The highest BCUT2D eigenvalue weighted by atomic mass is 19.1. The summed E-state index contributed by atoms with van der Waals surface area (Å²) in [5, 5.41) is 16.4. The zero-order valence-corrected chi connectivity index (χ0v) is 17.9. The summed E-state index contributed by atoms with van der Waals surface area (Å²) in [6, 6.07) is 9.67. The van der Waals surface area contributed by atoms with Gasteiger partial charge in [0.2, 0.25) is 0 Å². The Bertz CT molecular complexity index is 915. The van der Waals surface area contributed by atoms with Crippen molar-refractivity contribution in [3.63, 3.8) is 0 Å². The molecular formula is C24H28F2N2O3. The van der Waals surface area contributed by atoms with E-state index in [9.17, 15) is 18.7 Å². The number of carbonyl (C=O) groups excluding carboxylic acids is 1. The minimum atomic E-state index is -1.05. The van der Waals surface area contributed by atoms with Crippen LogP contribution in [0.2, 0.25) is 0 Å². The Kier molecular flexibility index (Phi) is 8.55. The number of hydrogen-bond donors (Lipinski definition) is 3. The molecule has 5 nitrogen and oxygen atoms in total. The number of nitrogens with one attached hydrogen (secondary N) is 2. The van der Waals surface area contributed by atoms with Crippen LogP contribution in [0.15, 0.2) is 42.5 Å². The third kappa shape index (κ3) is 8.75. The number of hydrogen-bond acceptors (Lipinski definition) is 4. The van der Waals surface area contributed by atoms with Gasteiger partial charge in [-0.05, 0) is 62.6 Å². The van der Waals surface area contributed by atoms with Crippen molar-refractivity contribution >= 4 is 6.09 Å². The van der Waals surface area contributed by atoms with E-state index in [1.54, 1.807) is 20.8 Å². The lowest BCUT2D eigenvalue weighted by molar-refractivity contribution is 0.0422. The molecule has 31 heavy (non-hydrogen) atoms. The Hall–Kier alpha value is -2.95. The smallest absolute Gasteiger partial charge is 0.407 e. The summed E-state index contributed by atoms with van der Waals surface area (Å²) in [6.45, 7) is 5.71. The molecule has 0 saturated heterocycles. The molecule has 0 radical (unpaired) electrons. The van der Waals surface area contributed by atoms with Gasteiger partial charge >= 0.3 is 6.09 Å². The van der Waals surface area contributed by atoms with Crippen molar-refractivity contribution in [2.75, 3.05) is 6.54 Å². The second-order valence-corrected chi connectivity index (χ2v) is 8.28. The van der Waals surface area contributed by atoms with Crippen LogP contribution in [0, 0.1) is 24.0 Å². The zero-order chi connectivity index (χ0) is 23.0. The van der Waals surface area contributed by atoms with E-state index in [1.165, 1.54) is 0 Å². The number of halogens is 2. The van der Waals surface area contributed by atoms with Crippen LogP contribution in [0.1, 0.15) is 37.5 Å². The highest BCUT2D eigenvalue weighted by molar-refractivity contribution is 5.68. The van der Waals surface area contributed by atoms with Crippen LogP contribution < -0.4 is 10.6 Å². The van der Waals surface area contributed by atoms with Gasteiger partial charge in [-0.25, -0.2) is 13.6 Å². The monoisotopic (exact) mass is 430 g/mol. The molecule has 2 aromatic carbocycles. The quantitative estimate of drug-likeness (QED) is 0.561. The summed E-state index contributed by atoms with van der Waals surface area (Å²) in [6.07, 6.45) is 3.65. The molecule has 0 saturated carbocycles. The maximum absolute atomic E-state index is 13.6. The number of aliphatic hydroxyl groups is 1. The fourth-order valence-corrected chi connectivity index (χ4v) is 3.00. The SMILES string of the molecule is C#Cc1cccc(CNC[C@@H](O)[C@H](Cc2cc(F)cc(F)c2)NC(=O)OC(C)(C)C)c1. The minimum Gasteiger partial charge on any atom is -0.444 e. The summed E-state index contributed by atoms with van der Waals surface area (Å²) in [5.74, 6) is 1.10.